The lowest BCUT2D eigenvalue weighted by Gasteiger charge is -2.15. The molecule has 2 N–H and O–H groups in total. The number of benzene rings is 1. The Balaban J connectivity index is 1.89. The Bertz CT molecular complexity index is 502. The van der Waals surface area contributed by atoms with Crippen molar-refractivity contribution in [2.45, 2.75) is 13.0 Å². The van der Waals surface area contributed by atoms with Crippen LogP contribution in [0.2, 0.25) is 0 Å². The van der Waals surface area contributed by atoms with Gasteiger partial charge in [-0.1, -0.05) is 18.2 Å². The van der Waals surface area contributed by atoms with Gasteiger partial charge in [0.05, 0.1) is 5.75 Å². The van der Waals surface area contributed by atoms with Crippen molar-refractivity contribution in [1.29, 1.82) is 0 Å². The predicted octanol–water partition coefficient (Wildman–Crippen LogP) is 0.560. The Kier molecular flexibility index (Phi) is 4.21. The van der Waals surface area contributed by atoms with E-state index in [2.05, 4.69) is 0 Å². The molecule has 0 aromatic heterocycles. The van der Waals surface area contributed by atoms with Crippen LogP contribution in [-0.4, -0.2) is 38.2 Å². The van der Waals surface area contributed by atoms with E-state index in [1.807, 2.05) is 24.3 Å². The molecule has 100 valence electrons. The van der Waals surface area contributed by atoms with Gasteiger partial charge in [-0.05, 0) is 12.5 Å². The zero-order valence-corrected chi connectivity index (χ0v) is 11.0. The molecular formula is C12H18N2O3S. The SMILES string of the molecule is NCc1ccccc1OCCN1CCCS1(=O)=O. The maximum atomic E-state index is 11.6. The molecule has 1 saturated heterocycles. The lowest BCUT2D eigenvalue weighted by molar-refractivity contribution is 0.277. The zero-order valence-electron chi connectivity index (χ0n) is 10.2. The molecule has 0 radical (unpaired) electrons. The molecule has 1 fully saturated rings. The third-order valence-corrected chi connectivity index (χ3v) is 4.95. The molecule has 0 amide bonds. The van der Waals surface area contributed by atoms with E-state index >= 15 is 0 Å². The maximum absolute atomic E-state index is 11.6. The van der Waals surface area contributed by atoms with Gasteiger partial charge in [0.25, 0.3) is 0 Å². The van der Waals surface area contributed by atoms with Crippen LogP contribution < -0.4 is 10.5 Å². The first-order valence-electron chi connectivity index (χ1n) is 6.02. The summed E-state index contributed by atoms with van der Waals surface area (Å²) in [7, 11) is -3.03. The number of para-hydroxylation sites is 1. The van der Waals surface area contributed by atoms with Gasteiger partial charge in [0.2, 0.25) is 10.0 Å². The van der Waals surface area contributed by atoms with Crippen molar-refractivity contribution in [3.8, 4) is 5.75 Å². The van der Waals surface area contributed by atoms with E-state index < -0.39 is 10.0 Å². The minimum atomic E-state index is -3.03. The first-order chi connectivity index (χ1) is 8.63. The molecule has 0 aliphatic carbocycles. The molecule has 0 unspecified atom stereocenters. The summed E-state index contributed by atoms with van der Waals surface area (Å²) in [4.78, 5) is 0. The summed E-state index contributed by atoms with van der Waals surface area (Å²) in [6, 6.07) is 7.53. The van der Waals surface area contributed by atoms with Crippen LogP contribution >= 0.6 is 0 Å². The van der Waals surface area contributed by atoms with E-state index in [1.54, 1.807) is 0 Å². The molecule has 0 spiro atoms. The van der Waals surface area contributed by atoms with Crippen molar-refractivity contribution in [2.24, 2.45) is 5.73 Å². The largest absolute Gasteiger partial charge is 0.492 e. The fourth-order valence-corrected chi connectivity index (χ4v) is 3.53. The second-order valence-corrected chi connectivity index (χ2v) is 6.32. The molecule has 5 nitrogen and oxygen atoms in total. The lowest BCUT2D eigenvalue weighted by Crippen LogP contribution is -2.30. The van der Waals surface area contributed by atoms with Crippen molar-refractivity contribution in [2.75, 3.05) is 25.4 Å². The van der Waals surface area contributed by atoms with E-state index in [1.165, 1.54) is 4.31 Å². The highest BCUT2D eigenvalue weighted by molar-refractivity contribution is 7.89. The van der Waals surface area contributed by atoms with Crippen LogP contribution in [0.25, 0.3) is 0 Å². The van der Waals surface area contributed by atoms with Crippen LogP contribution in [0.15, 0.2) is 24.3 Å². The predicted molar refractivity (Wildman–Crippen MR) is 69.8 cm³/mol. The van der Waals surface area contributed by atoms with Crippen LogP contribution in [0.1, 0.15) is 12.0 Å². The standard InChI is InChI=1S/C12H18N2O3S/c13-10-11-4-1-2-5-12(11)17-8-7-14-6-3-9-18(14,15)16/h1-2,4-5H,3,6-10,13H2. The number of hydrogen-bond acceptors (Lipinski definition) is 4. The van der Waals surface area contributed by atoms with Gasteiger partial charge in [0, 0.05) is 25.2 Å². The average Bonchev–Trinajstić information content (AvgIpc) is 2.69. The van der Waals surface area contributed by atoms with Gasteiger partial charge < -0.3 is 10.5 Å². The van der Waals surface area contributed by atoms with Crippen molar-refractivity contribution in [1.82, 2.24) is 4.31 Å². The number of rotatable bonds is 5. The van der Waals surface area contributed by atoms with Gasteiger partial charge in [-0.2, -0.15) is 4.31 Å². The monoisotopic (exact) mass is 270 g/mol. The van der Waals surface area contributed by atoms with Crippen molar-refractivity contribution >= 4 is 10.0 Å². The number of ether oxygens (including phenoxy) is 1. The van der Waals surface area contributed by atoms with Crippen LogP contribution in [0.4, 0.5) is 0 Å². The van der Waals surface area contributed by atoms with Crippen molar-refractivity contribution in [3.05, 3.63) is 29.8 Å². The molecule has 6 heteroatoms. The lowest BCUT2D eigenvalue weighted by atomic mass is 10.2. The minimum absolute atomic E-state index is 0.256. The van der Waals surface area contributed by atoms with Gasteiger partial charge in [-0.25, -0.2) is 8.42 Å². The highest BCUT2D eigenvalue weighted by Gasteiger charge is 2.27. The smallest absolute Gasteiger partial charge is 0.214 e. The highest BCUT2D eigenvalue weighted by atomic mass is 32.2. The fourth-order valence-electron chi connectivity index (χ4n) is 2.01. The van der Waals surface area contributed by atoms with Gasteiger partial charge in [0.1, 0.15) is 12.4 Å². The van der Waals surface area contributed by atoms with Crippen LogP contribution in [0.5, 0.6) is 5.75 Å². The summed E-state index contributed by atoms with van der Waals surface area (Å²) in [6.07, 6.45) is 0.710. The molecule has 1 aliphatic rings. The Morgan fingerprint density at radius 2 is 2.11 bits per heavy atom. The quantitative estimate of drug-likeness (QED) is 0.848. The summed E-state index contributed by atoms with van der Waals surface area (Å²) < 4.78 is 30.2. The van der Waals surface area contributed by atoms with Crippen LogP contribution in [0.3, 0.4) is 0 Å². The molecule has 1 aromatic rings. The molecule has 18 heavy (non-hydrogen) atoms. The van der Waals surface area contributed by atoms with E-state index in [0.717, 1.165) is 11.3 Å². The molecular weight excluding hydrogens is 252 g/mol. The van der Waals surface area contributed by atoms with Gasteiger partial charge in [-0.3, -0.25) is 0 Å². The zero-order chi connectivity index (χ0) is 13.0. The van der Waals surface area contributed by atoms with Crippen molar-refractivity contribution in [3.63, 3.8) is 0 Å². The number of nitrogens with two attached hydrogens (primary N) is 1. The van der Waals surface area contributed by atoms with Gasteiger partial charge in [0.15, 0.2) is 0 Å². The van der Waals surface area contributed by atoms with E-state index in [-0.39, 0.29) is 5.75 Å². The maximum Gasteiger partial charge on any atom is 0.214 e. The Hall–Kier alpha value is -1.11. The normalized spacial score (nSPS) is 18.9. The van der Waals surface area contributed by atoms with Gasteiger partial charge in [-0.15, -0.1) is 0 Å². The van der Waals surface area contributed by atoms with E-state index in [0.29, 0.717) is 32.7 Å². The summed E-state index contributed by atoms with van der Waals surface area (Å²) in [5, 5.41) is 0. The number of sulfonamides is 1. The van der Waals surface area contributed by atoms with E-state index in [9.17, 15) is 8.42 Å². The summed E-state index contributed by atoms with van der Waals surface area (Å²) in [5.74, 6) is 0.989. The number of nitrogens with zero attached hydrogens (tertiary/aromatic N) is 1. The Morgan fingerprint density at radius 3 is 2.78 bits per heavy atom. The minimum Gasteiger partial charge on any atom is -0.492 e. The first kappa shape index (κ1) is 13.3. The second-order valence-electron chi connectivity index (χ2n) is 4.23. The molecule has 1 aliphatic heterocycles. The molecule has 2 rings (SSSR count). The molecule has 0 bridgehead atoms. The first-order valence-corrected chi connectivity index (χ1v) is 7.63. The van der Waals surface area contributed by atoms with Crippen molar-refractivity contribution < 1.29 is 13.2 Å². The molecule has 0 saturated carbocycles. The van der Waals surface area contributed by atoms with E-state index in [4.69, 9.17) is 10.5 Å². The Morgan fingerprint density at radius 1 is 1.33 bits per heavy atom. The van der Waals surface area contributed by atoms with Crippen LogP contribution in [0, 0.1) is 0 Å². The molecule has 1 heterocycles. The molecule has 1 aromatic carbocycles. The average molecular weight is 270 g/mol. The summed E-state index contributed by atoms with van der Waals surface area (Å²) in [6.45, 7) is 1.78. The number of hydrogen-bond donors (Lipinski definition) is 1. The summed E-state index contributed by atoms with van der Waals surface area (Å²) >= 11 is 0. The fraction of sp³-hybridized carbons (Fsp3) is 0.500. The molecule has 0 atom stereocenters. The third-order valence-electron chi connectivity index (χ3n) is 2.99. The highest BCUT2D eigenvalue weighted by Crippen LogP contribution is 2.18. The topological polar surface area (TPSA) is 72.6 Å². The van der Waals surface area contributed by atoms with Crippen LogP contribution in [-0.2, 0) is 16.6 Å². The summed E-state index contributed by atoms with van der Waals surface area (Å²) in [5.41, 5.74) is 6.53. The Labute approximate surface area is 108 Å². The third kappa shape index (κ3) is 3.01. The second kappa shape index (κ2) is 5.69. The van der Waals surface area contributed by atoms with Gasteiger partial charge >= 0.3 is 0 Å².